The van der Waals surface area contributed by atoms with E-state index in [0.29, 0.717) is 5.69 Å². The molecule has 7 heteroatoms. The van der Waals surface area contributed by atoms with Gasteiger partial charge in [-0.3, -0.25) is 0 Å². The molecule has 0 fully saturated rings. The van der Waals surface area contributed by atoms with Crippen molar-refractivity contribution in [3.8, 4) is 11.1 Å². The van der Waals surface area contributed by atoms with Gasteiger partial charge in [-0.15, -0.1) is 11.3 Å². The lowest BCUT2D eigenvalue weighted by molar-refractivity contribution is -0.255. The van der Waals surface area contributed by atoms with Crippen molar-refractivity contribution in [3.05, 3.63) is 81.8 Å². The van der Waals surface area contributed by atoms with E-state index < -0.39 is 12.1 Å². The van der Waals surface area contributed by atoms with Crippen LogP contribution >= 0.6 is 11.3 Å². The first-order valence-corrected chi connectivity index (χ1v) is 9.93. The molecule has 0 aliphatic heterocycles. The van der Waals surface area contributed by atoms with E-state index in [0.717, 1.165) is 22.5 Å². The Morgan fingerprint density at radius 2 is 1.76 bits per heavy atom. The van der Waals surface area contributed by atoms with Gasteiger partial charge in [-0.05, 0) is 28.3 Å². The lowest BCUT2D eigenvalue weighted by Gasteiger charge is -2.14. The van der Waals surface area contributed by atoms with Crippen LogP contribution in [0.5, 0.6) is 0 Å². The highest BCUT2D eigenvalue weighted by Crippen LogP contribution is 2.44. The molecule has 29 heavy (non-hydrogen) atoms. The monoisotopic (exact) mass is 405 g/mol. The topological polar surface area (TPSA) is 91.4 Å². The number of alkyl carbamates (subject to hydrolysis) is 1. The third kappa shape index (κ3) is 4.05. The molecule has 0 saturated carbocycles. The van der Waals surface area contributed by atoms with Crippen molar-refractivity contribution in [2.75, 3.05) is 13.2 Å². The van der Waals surface area contributed by atoms with E-state index in [-0.39, 0.29) is 24.1 Å². The summed E-state index contributed by atoms with van der Waals surface area (Å²) in [5, 5.41) is 14.9. The summed E-state index contributed by atoms with van der Waals surface area (Å²) < 4.78 is 5.44. The van der Waals surface area contributed by atoms with Crippen LogP contribution in [0, 0.1) is 0 Å². The van der Waals surface area contributed by atoms with Crippen molar-refractivity contribution in [1.29, 1.82) is 0 Å². The Morgan fingerprint density at radius 3 is 2.38 bits per heavy atom. The highest BCUT2D eigenvalue weighted by molar-refractivity contribution is 7.11. The number of hydrogen-bond donors (Lipinski definition) is 1. The number of nitrogens with zero attached hydrogens (tertiary/aromatic N) is 1. The number of nitrogens with one attached hydrogen (secondary N) is 1. The number of aromatic carboxylic acids is 1. The molecule has 0 bridgehead atoms. The second-order valence-corrected chi connectivity index (χ2v) is 7.33. The molecule has 146 valence electrons. The van der Waals surface area contributed by atoms with Crippen LogP contribution in [0.4, 0.5) is 4.79 Å². The number of ether oxygens (including phenoxy) is 1. The minimum Gasteiger partial charge on any atom is -0.542 e. The Kier molecular flexibility index (Phi) is 5.39. The van der Waals surface area contributed by atoms with E-state index in [1.165, 1.54) is 11.1 Å². The number of carboxylic acid groups (broad SMARTS) is 1. The minimum absolute atomic E-state index is 0.0155. The van der Waals surface area contributed by atoms with Gasteiger partial charge in [0.05, 0.1) is 5.69 Å². The highest BCUT2D eigenvalue weighted by atomic mass is 32.1. The highest BCUT2D eigenvalue weighted by Gasteiger charge is 2.28. The van der Waals surface area contributed by atoms with Crippen molar-refractivity contribution in [2.45, 2.75) is 5.92 Å². The van der Waals surface area contributed by atoms with Crippen molar-refractivity contribution in [3.63, 3.8) is 0 Å². The molecule has 1 aromatic heterocycles. The second-order valence-electron chi connectivity index (χ2n) is 6.47. The van der Waals surface area contributed by atoms with Crippen LogP contribution in [0.1, 0.15) is 32.5 Å². The van der Waals surface area contributed by atoms with Crippen LogP contribution in [-0.2, 0) is 4.74 Å². The average molecular weight is 405 g/mol. The smallest absolute Gasteiger partial charge is 0.407 e. The molecule has 1 aliphatic carbocycles. The number of carboxylic acids is 1. The molecule has 1 amide bonds. The first-order chi connectivity index (χ1) is 14.1. The van der Waals surface area contributed by atoms with Crippen molar-refractivity contribution in [2.24, 2.45) is 0 Å². The fraction of sp³-hybridized carbons (Fsp3) is 0.136. The third-order valence-electron chi connectivity index (χ3n) is 4.69. The molecule has 3 aromatic rings. The van der Waals surface area contributed by atoms with Crippen LogP contribution in [0.3, 0.4) is 0 Å². The normalized spacial score (nSPS) is 12.6. The lowest BCUT2D eigenvalue weighted by atomic mass is 9.98. The van der Waals surface area contributed by atoms with Gasteiger partial charge in [-0.1, -0.05) is 54.6 Å². The molecule has 1 heterocycles. The number of carbonyl (C=O) groups is 2. The maximum absolute atomic E-state index is 12.1. The molecule has 6 nitrogen and oxygen atoms in total. The predicted octanol–water partition coefficient (Wildman–Crippen LogP) is 3.06. The molecule has 0 spiro atoms. The number of thiazole rings is 1. The minimum atomic E-state index is -1.30. The fourth-order valence-electron chi connectivity index (χ4n) is 3.43. The first-order valence-electron chi connectivity index (χ1n) is 9.05. The summed E-state index contributed by atoms with van der Waals surface area (Å²) in [4.78, 5) is 26.7. The molecule has 0 radical (unpaired) electrons. The van der Waals surface area contributed by atoms with Gasteiger partial charge < -0.3 is 20.0 Å². The van der Waals surface area contributed by atoms with Crippen molar-refractivity contribution >= 4 is 29.5 Å². The van der Waals surface area contributed by atoms with Gasteiger partial charge in [0, 0.05) is 17.8 Å². The lowest BCUT2D eigenvalue weighted by Crippen LogP contribution is -2.26. The number of hydrogen-bond acceptors (Lipinski definition) is 6. The summed E-state index contributed by atoms with van der Waals surface area (Å²) in [6, 6.07) is 16.3. The second kappa shape index (κ2) is 8.28. The van der Waals surface area contributed by atoms with Gasteiger partial charge in [-0.2, -0.15) is 0 Å². The zero-order valence-electron chi connectivity index (χ0n) is 15.3. The van der Waals surface area contributed by atoms with Crippen LogP contribution in [0.25, 0.3) is 17.2 Å². The summed E-state index contributed by atoms with van der Waals surface area (Å²) in [7, 11) is 0. The molecule has 2 aromatic carbocycles. The molecule has 0 atom stereocenters. The van der Waals surface area contributed by atoms with E-state index >= 15 is 0 Å². The van der Waals surface area contributed by atoms with Gasteiger partial charge in [0.2, 0.25) is 0 Å². The number of benzene rings is 2. The van der Waals surface area contributed by atoms with E-state index in [1.54, 1.807) is 17.5 Å². The van der Waals surface area contributed by atoms with E-state index in [2.05, 4.69) is 34.6 Å². The summed E-state index contributed by atoms with van der Waals surface area (Å²) in [5.41, 5.74) is 5.18. The summed E-state index contributed by atoms with van der Waals surface area (Å²) >= 11 is 0.997. The molecule has 0 unspecified atom stereocenters. The Labute approximate surface area is 171 Å². The van der Waals surface area contributed by atoms with Crippen molar-refractivity contribution < 1.29 is 19.4 Å². The van der Waals surface area contributed by atoms with Crippen molar-refractivity contribution in [1.82, 2.24) is 10.3 Å². The van der Waals surface area contributed by atoms with Gasteiger partial charge in [0.1, 0.15) is 17.6 Å². The van der Waals surface area contributed by atoms with Gasteiger partial charge in [-0.25, -0.2) is 9.78 Å². The van der Waals surface area contributed by atoms with Gasteiger partial charge in [0.15, 0.2) is 0 Å². The Morgan fingerprint density at radius 1 is 1.10 bits per heavy atom. The number of aromatic nitrogens is 1. The van der Waals surface area contributed by atoms with Crippen LogP contribution in [0.2, 0.25) is 0 Å². The van der Waals surface area contributed by atoms with E-state index in [1.807, 2.05) is 24.3 Å². The van der Waals surface area contributed by atoms with Gasteiger partial charge >= 0.3 is 6.09 Å². The SMILES string of the molecule is O=C(NCC=Cc1csc(C(=O)[O-])n1)OCC1c2ccccc2-c2ccccc21. The molecule has 0 saturated heterocycles. The Balaban J connectivity index is 1.32. The van der Waals surface area contributed by atoms with E-state index in [9.17, 15) is 14.7 Å². The molecular weight excluding hydrogens is 388 g/mol. The maximum Gasteiger partial charge on any atom is 0.407 e. The number of fused-ring (bicyclic) bond motifs is 3. The van der Waals surface area contributed by atoms with Gasteiger partial charge in [0.25, 0.3) is 0 Å². The number of amides is 1. The number of carbonyl (C=O) groups excluding carboxylic acids is 2. The predicted molar refractivity (Wildman–Crippen MR) is 109 cm³/mol. The zero-order chi connectivity index (χ0) is 20.2. The van der Waals surface area contributed by atoms with Crippen LogP contribution in [0.15, 0.2) is 60.0 Å². The average Bonchev–Trinajstić information content (AvgIpc) is 3.33. The Bertz CT molecular complexity index is 1040. The number of rotatable bonds is 6. The molecule has 1 N–H and O–H groups in total. The van der Waals surface area contributed by atoms with Crippen LogP contribution < -0.4 is 10.4 Å². The van der Waals surface area contributed by atoms with E-state index in [4.69, 9.17) is 4.74 Å². The van der Waals surface area contributed by atoms with Crippen LogP contribution in [-0.4, -0.2) is 30.2 Å². The standard InChI is InChI=1S/C22H18N2O4S/c25-21(26)20-24-14(13-29-20)6-5-11-23-22(27)28-12-19-17-9-3-1-7-15(17)16-8-2-4-10-18(16)19/h1-10,13,19H,11-12H2,(H,23,27)(H,25,26)/p-1. The Hall–Kier alpha value is -3.45. The zero-order valence-corrected chi connectivity index (χ0v) is 16.1. The summed E-state index contributed by atoms with van der Waals surface area (Å²) in [5.74, 6) is -1.28. The molecule has 1 aliphatic rings. The summed E-state index contributed by atoms with van der Waals surface area (Å²) in [6.45, 7) is 0.499. The summed E-state index contributed by atoms with van der Waals surface area (Å²) in [6.07, 6.45) is 2.80. The third-order valence-corrected chi connectivity index (χ3v) is 5.53. The first kappa shape index (κ1) is 18.9. The largest absolute Gasteiger partial charge is 0.542 e. The fourth-order valence-corrected chi connectivity index (χ4v) is 4.05. The molecular formula is C22H17N2O4S-. The molecule has 4 rings (SSSR count). The maximum atomic E-state index is 12.1. The quantitative estimate of drug-likeness (QED) is 0.681.